The van der Waals surface area contributed by atoms with Crippen molar-refractivity contribution in [3.63, 3.8) is 0 Å². The Labute approximate surface area is 151 Å². The molecule has 1 N–H and O–H groups in total. The van der Waals surface area contributed by atoms with Gasteiger partial charge in [0.25, 0.3) is 0 Å². The Bertz CT molecular complexity index is 642. The van der Waals surface area contributed by atoms with Gasteiger partial charge in [-0.2, -0.15) is 0 Å². The van der Waals surface area contributed by atoms with Crippen molar-refractivity contribution in [2.45, 2.75) is 44.6 Å². The van der Waals surface area contributed by atoms with Gasteiger partial charge in [-0.25, -0.2) is 0 Å². The summed E-state index contributed by atoms with van der Waals surface area (Å²) in [5, 5.41) is 3.41. The van der Waals surface area contributed by atoms with Crippen LogP contribution in [0.3, 0.4) is 0 Å². The van der Waals surface area contributed by atoms with Crippen molar-refractivity contribution in [3.8, 4) is 0 Å². The van der Waals surface area contributed by atoms with Crippen LogP contribution in [0, 0.1) is 0 Å². The molecule has 2 aromatic rings. The molecule has 0 aliphatic carbocycles. The van der Waals surface area contributed by atoms with Gasteiger partial charge in [0.15, 0.2) is 5.78 Å². The van der Waals surface area contributed by atoms with Crippen LogP contribution >= 0.6 is 0 Å². The maximum Gasteiger partial charge on any atom is 0.155 e. The molecule has 1 heterocycles. The average molecular weight is 336 g/mol. The van der Waals surface area contributed by atoms with Gasteiger partial charge in [0.05, 0.1) is 6.04 Å². The first-order valence-corrected chi connectivity index (χ1v) is 9.48. The molecular weight excluding hydrogens is 308 g/mol. The number of hydrogen-bond acceptors (Lipinski definition) is 3. The number of nitrogens with one attached hydrogen (secondary N) is 1. The average Bonchev–Trinajstić information content (AvgIpc) is 2.69. The molecule has 3 rings (SSSR count). The zero-order valence-corrected chi connectivity index (χ0v) is 14.9. The van der Waals surface area contributed by atoms with Crippen LogP contribution in [-0.4, -0.2) is 24.9 Å². The zero-order valence-electron chi connectivity index (χ0n) is 14.9. The predicted octanol–water partition coefficient (Wildman–Crippen LogP) is 4.90. The molecule has 2 aromatic carbocycles. The van der Waals surface area contributed by atoms with E-state index in [1.165, 1.54) is 12.1 Å². The van der Waals surface area contributed by atoms with E-state index in [0.29, 0.717) is 12.2 Å². The lowest BCUT2D eigenvalue weighted by Gasteiger charge is -2.36. The normalized spacial score (nSPS) is 17.3. The summed E-state index contributed by atoms with van der Waals surface area (Å²) < 4.78 is 0. The van der Waals surface area contributed by atoms with E-state index in [1.54, 1.807) is 0 Å². The largest absolute Gasteiger partial charge is 0.385 e. The number of benzene rings is 2. The SMILES string of the molecule is O=C(CCCCNc1ccccc1)C1CCCCN1c1ccccc1. The summed E-state index contributed by atoms with van der Waals surface area (Å²) in [5.74, 6) is 0.406. The number of Topliss-reactive ketones (excluding diaryl/α,β-unsaturated/α-hetero) is 1. The van der Waals surface area contributed by atoms with Gasteiger partial charge in [0, 0.05) is 30.9 Å². The molecule has 1 atom stereocenters. The number of nitrogens with zero attached hydrogens (tertiary/aromatic N) is 1. The molecule has 0 aromatic heterocycles. The lowest BCUT2D eigenvalue weighted by molar-refractivity contribution is -0.120. The third kappa shape index (κ3) is 5.09. The second kappa shape index (κ2) is 9.26. The number of anilines is 2. The topological polar surface area (TPSA) is 32.3 Å². The van der Waals surface area contributed by atoms with Crippen LogP contribution in [-0.2, 0) is 4.79 Å². The molecule has 1 aliphatic rings. The van der Waals surface area contributed by atoms with Crippen LogP contribution in [0.5, 0.6) is 0 Å². The van der Waals surface area contributed by atoms with E-state index in [2.05, 4.69) is 46.6 Å². The van der Waals surface area contributed by atoms with E-state index in [-0.39, 0.29) is 6.04 Å². The van der Waals surface area contributed by atoms with E-state index >= 15 is 0 Å². The number of para-hydroxylation sites is 2. The van der Waals surface area contributed by atoms with Crippen LogP contribution in [0.4, 0.5) is 11.4 Å². The molecule has 1 saturated heterocycles. The van der Waals surface area contributed by atoms with Gasteiger partial charge in [0.2, 0.25) is 0 Å². The molecule has 25 heavy (non-hydrogen) atoms. The fourth-order valence-electron chi connectivity index (χ4n) is 3.57. The molecule has 1 unspecified atom stereocenters. The first kappa shape index (κ1) is 17.5. The molecule has 1 aliphatic heterocycles. The van der Waals surface area contributed by atoms with Crippen molar-refractivity contribution in [3.05, 3.63) is 60.7 Å². The Kier molecular flexibility index (Phi) is 6.49. The van der Waals surface area contributed by atoms with Gasteiger partial charge in [-0.15, -0.1) is 0 Å². The van der Waals surface area contributed by atoms with Gasteiger partial charge >= 0.3 is 0 Å². The summed E-state index contributed by atoms with van der Waals surface area (Å²) in [6.07, 6.45) is 6.01. The third-order valence-electron chi connectivity index (χ3n) is 4.92. The van der Waals surface area contributed by atoms with Crippen LogP contribution in [0.1, 0.15) is 38.5 Å². The number of ketones is 1. The Morgan fingerprint density at radius 1 is 0.960 bits per heavy atom. The third-order valence-corrected chi connectivity index (χ3v) is 4.92. The highest BCUT2D eigenvalue weighted by Gasteiger charge is 2.28. The van der Waals surface area contributed by atoms with E-state index in [9.17, 15) is 4.79 Å². The van der Waals surface area contributed by atoms with Crippen molar-refractivity contribution >= 4 is 17.2 Å². The molecule has 0 spiro atoms. The summed E-state index contributed by atoms with van der Waals surface area (Å²) in [5.41, 5.74) is 2.34. The van der Waals surface area contributed by atoms with Crippen molar-refractivity contribution < 1.29 is 4.79 Å². The van der Waals surface area contributed by atoms with Gasteiger partial charge in [0.1, 0.15) is 0 Å². The molecule has 0 radical (unpaired) electrons. The monoisotopic (exact) mass is 336 g/mol. The summed E-state index contributed by atoms with van der Waals surface area (Å²) in [6, 6.07) is 20.7. The van der Waals surface area contributed by atoms with Crippen molar-refractivity contribution in [1.29, 1.82) is 0 Å². The summed E-state index contributed by atoms with van der Waals surface area (Å²) in [7, 11) is 0. The quantitative estimate of drug-likeness (QED) is 0.696. The molecular formula is C22H28N2O. The number of hydrogen-bond donors (Lipinski definition) is 1. The zero-order chi connectivity index (χ0) is 17.3. The highest BCUT2D eigenvalue weighted by molar-refractivity contribution is 5.87. The molecule has 0 amide bonds. The number of piperidine rings is 1. The van der Waals surface area contributed by atoms with E-state index in [4.69, 9.17) is 0 Å². The lowest BCUT2D eigenvalue weighted by Crippen LogP contribution is -2.44. The highest BCUT2D eigenvalue weighted by atomic mass is 16.1. The number of carbonyl (C=O) groups is 1. The minimum Gasteiger partial charge on any atom is -0.385 e. The number of carbonyl (C=O) groups excluding carboxylic acids is 1. The highest BCUT2D eigenvalue weighted by Crippen LogP contribution is 2.26. The summed E-state index contributed by atoms with van der Waals surface area (Å²) in [6.45, 7) is 1.92. The van der Waals surface area contributed by atoms with Crippen molar-refractivity contribution in [2.75, 3.05) is 23.3 Å². The fourth-order valence-corrected chi connectivity index (χ4v) is 3.57. The van der Waals surface area contributed by atoms with Gasteiger partial charge in [-0.3, -0.25) is 4.79 Å². The maximum absolute atomic E-state index is 12.8. The van der Waals surface area contributed by atoms with E-state index < -0.39 is 0 Å². The second-order valence-corrected chi connectivity index (χ2v) is 6.76. The molecule has 3 nitrogen and oxygen atoms in total. The Morgan fingerprint density at radius 3 is 2.44 bits per heavy atom. The first-order valence-electron chi connectivity index (χ1n) is 9.48. The van der Waals surface area contributed by atoms with Crippen LogP contribution in [0.15, 0.2) is 60.7 Å². The maximum atomic E-state index is 12.8. The minimum absolute atomic E-state index is 0.0678. The Morgan fingerprint density at radius 2 is 1.68 bits per heavy atom. The molecule has 0 saturated carbocycles. The minimum atomic E-state index is 0.0678. The molecule has 132 valence electrons. The number of rotatable bonds is 8. The smallest absolute Gasteiger partial charge is 0.155 e. The Hall–Kier alpha value is -2.29. The number of unbranched alkanes of at least 4 members (excludes halogenated alkanes) is 1. The van der Waals surface area contributed by atoms with Gasteiger partial charge in [-0.05, 0) is 56.4 Å². The second-order valence-electron chi connectivity index (χ2n) is 6.76. The van der Waals surface area contributed by atoms with Gasteiger partial charge in [-0.1, -0.05) is 36.4 Å². The summed E-state index contributed by atoms with van der Waals surface area (Å²) in [4.78, 5) is 15.1. The van der Waals surface area contributed by atoms with Crippen LogP contribution in [0.25, 0.3) is 0 Å². The molecule has 3 heteroatoms. The van der Waals surface area contributed by atoms with Crippen LogP contribution < -0.4 is 10.2 Å². The standard InChI is InChI=1S/C22H28N2O/c25-22(16-7-9-17-23-19-11-3-1-4-12-19)21-15-8-10-18-24(21)20-13-5-2-6-14-20/h1-6,11-14,21,23H,7-10,15-18H2. The van der Waals surface area contributed by atoms with E-state index in [1.807, 2.05) is 24.3 Å². The molecule has 1 fully saturated rings. The van der Waals surface area contributed by atoms with Crippen LogP contribution in [0.2, 0.25) is 0 Å². The first-order chi connectivity index (χ1) is 12.3. The summed E-state index contributed by atoms with van der Waals surface area (Å²) >= 11 is 0. The van der Waals surface area contributed by atoms with Gasteiger partial charge < -0.3 is 10.2 Å². The lowest BCUT2D eigenvalue weighted by atomic mass is 9.95. The van der Waals surface area contributed by atoms with Crippen molar-refractivity contribution in [1.82, 2.24) is 0 Å². The fraction of sp³-hybridized carbons (Fsp3) is 0.409. The predicted molar refractivity (Wildman–Crippen MR) is 105 cm³/mol. The Balaban J connectivity index is 1.45. The van der Waals surface area contributed by atoms with Crippen molar-refractivity contribution in [2.24, 2.45) is 0 Å². The van der Waals surface area contributed by atoms with E-state index in [0.717, 1.165) is 44.5 Å². The molecule has 0 bridgehead atoms.